The Balaban J connectivity index is 2.52. The molecule has 0 bridgehead atoms. The van der Waals surface area contributed by atoms with Gasteiger partial charge >= 0.3 is 24.9 Å². The Hall–Kier alpha value is -3.52. The van der Waals surface area contributed by atoms with Crippen molar-refractivity contribution >= 4 is 43.5 Å². The summed E-state index contributed by atoms with van der Waals surface area (Å²) >= 11 is 1.78. The molecule has 0 saturated heterocycles. The number of carbonyl (C=O) groups excluding carboxylic acids is 2. The first kappa shape index (κ1) is 61.8. The summed E-state index contributed by atoms with van der Waals surface area (Å²) in [5.74, 6) is 2.45. The highest BCUT2D eigenvalue weighted by molar-refractivity contribution is 14.1. The second kappa shape index (κ2) is 21.0. The van der Waals surface area contributed by atoms with Crippen molar-refractivity contribution in [1.82, 2.24) is 0 Å². The molecule has 1 atom stereocenters. The van der Waals surface area contributed by atoms with Crippen molar-refractivity contribution in [3.63, 3.8) is 0 Å². The first-order valence-corrected chi connectivity index (χ1v) is 26.6. The Bertz CT molecular complexity index is 2160. The summed E-state index contributed by atoms with van der Waals surface area (Å²) in [6, 6.07) is 11.2. The molecule has 3 aromatic carbocycles. The van der Waals surface area contributed by atoms with E-state index in [1.807, 2.05) is 140 Å². The zero-order valence-corrected chi connectivity index (χ0v) is 51.3. The summed E-state index contributed by atoms with van der Waals surface area (Å²) in [5.41, 5.74) is -1.29. The van der Waals surface area contributed by atoms with E-state index in [-0.39, 0.29) is 0 Å². The Morgan fingerprint density at radius 3 is 0.817 bits per heavy atom. The van der Waals surface area contributed by atoms with E-state index in [0.29, 0.717) is 56.8 Å². The van der Waals surface area contributed by atoms with Crippen LogP contribution in [0.1, 0.15) is 220 Å². The van der Waals surface area contributed by atoms with Crippen molar-refractivity contribution in [1.29, 1.82) is 0 Å². The fourth-order valence-corrected chi connectivity index (χ4v) is 9.01. The molecule has 0 saturated carbocycles. The van der Waals surface area contributed by atoms with Crippen LogP contribution in [-0.2, 0) is 46.7 Å². The molecule has 400 valence electrons. The second-order valence-electron chi connectivity index (χ2n) is 27.5. The molecule has 1 unspecified atom stereocenters. The molecule has 3 aromatic rings. The zero-order chi connectivity index (χ0) is 55.3. The maximum Gasteiger partial charge on any atom is 0.530 e. The summed E-state index contributed by atoms with van der Waals surface area (Å²) in [6.07, 6.45) is -1.63. The smallest absolute Gasteiger partial charge is 0.431 e. The molecule has 0 amide bonds. The van der Waals surface area contributed by atoms with Gasteiger partial charge in [-0.15, -0.1) is 0 Å². The van der Waals surface area contributed by atoms with Crippen LogP contribution in [0, 0.1) is 0 Å². The first-order chi connectivity index (χ1) is 31.4. The lowest BCUT2D eigenvalue weighted by molar-refractivity contribution is -0.275. The molecule has 12 nitrogen and oxygen atoms in total. The van der Waals surface area contributed by atoms with Crippen molar-refractivity contribution in [2.24, 2.45) is 0 Å². The molecule has 0 aromatic heterocycles. The lowest BCUT2D eigenvalue weighted by atomic mass is 9.79. The van der Waals surface area contributed by atoms with Gasteiger partial charge in [0.15, 0.2) is 0 Å². The van der Waals surface area contributed by atoms with Crippen LogP contribution in [0.25, 0.3) is 0 Å². The van der Waals surface area contributed by atoms with Crippen LogP contribution in [-0.4, -0.2) is 38.2 Å². The van der Waals surface area contributed by atoms with Crippen molar-refractivity contribution in [3.05, 3.63) is 69.8 Å². The molecular formula is C57H88IO12P. The Labute approximate surface area is 442 Å². The highest BCUT2D eigenvalue weighted by Gasteiger charge is 2.40. The third-order valence-electron chi connectivity index (χ3n) is 10.4. The summed E-state index contributed by atoms with van der Waals surface area (Å²) in [4.78, 5) is 26.8. The van der Waals surface area contributed by atoms with Gasteiger partial charge < -0.3 is 47.1 Å². The third kappa shape index (κ3) is 18.7. The van der Waals surface area contributed by atoms with E-state index in [1.54, 1.807) is 64.1 Å². The monoisotopic (exact) mass is 1120 g/mol. The number of hydrogen-bond acceptors (Lipinski definition) is 12. The van der Waals surface area contributed by atoms with Gasteiger partial charge in [0.05, 0.1) is 5.60 Å². The average molecular weight is 1120 g/mol. The van der Waals surface area contributed by atoms with Gasteiger partial charge in [0.25, 0.3) is 0 Å². The number of alkyl halides is 1. The predicted octanol–water partition coefficient (Wildman–Crippen LogP) is 17.1. The van der Waals surface area contributed by atoms with Crippen LogP contribution in [0.5, 0.6) is 34.5 Å². The Kier molecular flexibility index (Phi) is 18.3. The summed E-state index contributed by atoms with van der Waals surface area (Å²) in [5, 5.41) is 11.6. The first-order valence-electron chi connectivity index (χ1n) is 24.4. The molecule has 0 radical (unpaired) electrons. The van der Waals surface area contributed by atoms with Gasteiger partial charge in [-0.05, 0) is 131 Å². The van der Waals surface area contributed by atoms with Crippen LogP contribution in [0.3, 0.4) is 0 Å². The van der Waals surface area contributed by atoms with E-state index in [2.05, 4.69) is 41.5 Å². The summed E-state index contributed by atoms with van der Waals surface area (Å²) in [6.45, 7) is 53.1. The molecule has 0 aliphatic carbocycles. The molecule has 0 heterocycles. The topological polar surface area (TPSA) is 137 Å². The van der Waals surface area contributed by atoms with Crippen molar-refractivity contribution in [2.75, 3.05) is 0 Å². The quantitative estimate of drug-likeness (QED) is 0.0489. The van der Waals surface area contributed by atoms with Crippen LogP contribution >= 0.6 is 31.2 Å². The van der Waals surface area contributed by atoms with E-state index in [1.165, 1.54) is 0 Å². The van der Waals surface area contributed by atoms with Gasteiger partial charge in [-0.25, -0.2) is 9.59 Å². The number of rotatable bonds is 11. The highest BCUT2D eigenvalue weighted by Crippen LogP contribution is 2.52. The normalized spacial score (nSPS) is 14.4. The molecule has 0 spiro atoms. The van der Waals surface area contributed by atoms with E-state index in [0.717, 1.165) is 11.1 Å². The molecule has 14 heteroatoms. The lowest BCUT2D eigenvalue weighted by Crippen LogP contribution is -2.40. The van der Waals surface area contributed by atoms with E-state index in [4.69, 9.17) is 42.0 Å². The minimum Gasteiger partial charge on any atom is -0.431 e. The van der Waals surface area contributed by atoms with Crippen LogP contribution in [0.2, 0.25) is 0 Å². The van der Waals surface area contributed by atoms with E-state index >= 15 is 0 Å². The van der Waals surface area contributed by atoms with Gasteiger partial charge in [-0.3, -0.25) is 0 Å². The third-order valence-corrected chi connectivity index (χ3v) is 11.9. The minimum absolute atomic E-state index is 0.383. The van der Waals surface area contributed by atoms with E-state index < -0.39 is 74.2 Å². The molecular weight excluding hydrogens is 1030 g/mol. The predicted molar refractivity (Wildman–Crippen MR) is 294 cm³/mol. The van der Waals surface area contributed by atoms with Crippen LogP contribution in [0.4, 0.5) is 9.59 Å². The van der Waals surface area contributed by atoms with Gasteiger partial charge in [-0.1, -0.05) is 125 Å². The standard InChI is InChI=1S/C57H88IO12P/c1-48(2,3)37-28-34(29-38(49(4,5)6)43(37)62-46(59)65-54(19,20)21)67-71(68-35-30-39(50(7,8)9)44(40(31-35)51(10,11)12)63-47(60)66-55(22,23)24)69-36-32-41(52(13,14)15)45(42(33-36)53(16,17)18)64-57(58,61)70-56(25,26)27/h28-33,61H,1-27H3. The molecule has 0 fully saturated rings. The molecule has 3 rings (SSSR count). The van der Waals surface area contributed by atoms with Gasteiger partial charge in [-0.2, -0.15) is 0 Å². The Morgan fingerprint density at radius 2 is 0.620 bits per heavy atom. The fourth-order valence-electron chi connectivity index (χ4n) is 7.18. The fraction of sp³-hybridized carbons (Fsp3) is 0.649. The second-order valence-corrected chi connectivity index (χ2v) is 29.9. The minimum atomic E-state index is -2.41. The zero-order valence-electron chi connectivity index (χ0n) is 48.2. The van der Waals surface area contributed by atoms with Crippen molar-refractivity contribution < 1.29 is 56.7 Å². The highest BCUT2D eigenvalue weighted by atomic mass is 127. The molecule has 0 aliphatic rings. The lowest BCUT2D eigenvalue weighted by Gasteiger charge is -2.35. The van der Waals surface area contributed by atoms with Gasteiger partial charge in [0, 0.05) is 56.0 Å². The van der Waals surface area contributed by atoms with E-state index in [9.17, 15) is 14.7 Å². The van der Waals surface area contributed by atoms with Crippen molar-refractivity contribution in [3.8, 4) is 34.5 Å². The maximum absolute atomic E-state index is 13.4. The van der Waals surface area contributed by atoms with Crippen molar-refractivity contribution in [2.45, 2.75) is 240 Å². The SMILES string of the molecule is CC(C)(C)OC(=O)Oc1c(C(C)(C)C)cc(OP(Oc2cc(C(C)(C)C)c(OC(=O)OC(C)(C)C)c(C(C)(C)C)c2)Oc2cc(C(C)(C)C)c(OC(O)(I)OC(C)(C)C)c(C(C)(C)C)c2)cc1C(C)(C)C. The maximum atomic E-state index is 13.4. The number of benzene rings is 3. The number of carbonyl (C=O) groups is 2. The molecule has 71 heavy (non-hydrogen) atoms. The van der Waals surface area contributed by atoms with Crippen LogP contribution in [0.15, 0.2) is 36.4 Å². The Morgan fingerprint density at radius 1 is 0.394 bits per heavy atom. The molecule has 1 N–H and O–H groups in total. The summed E-state index contributed by atoms with van der Waals surface area (Å²) in [7, 11) is -2.41. The van der Waals surface area contributed by atoms with Gasteiger partial charge in [0.1, 0.15) is 45.7 Å². The molecule has 0 aliphatic heterocycles. The number of ether oxygens (including phenoxy) is 6. The number of hydrogen-bond donors (Lipinski definition) is 1. The largest absolute Gasteiger partial charge is 0.530 e. The average Bonchev–Trinajstić information content (AvgIpc) is 3.07. The number of halogens is 1. The number of aliphatic hydroxyl groups is 1. The van der Waals surface area contributed by atoms with Crippen LogP contribution < -0.4 is 27.8 Å². The van der Waals surface area contributed by atoms with Gasteiger partial charge in [0.2, 0.25) is 0 Å². The summed E-state index contributed by atoms with van der Waals surface area (Å²) < 4.78 is 55.0.